The standard InChI is InChI=1S/C16H24N2O4/c1-12-4-5-14(22-12)10-17(2)15(19)11-18-8-6-13(7-9-18)16(20)21-3/h4-5,13H,6-11H2,1-3H3. The third-order valence-corrected chi connectivity index (χ3v) is 4.10. The van der Waals surface area contributed by atoms with Crippen LogP contribution in [0, 0.1) is 12.8 Å². The summed E-state index contributed by atoms with van der Waals surface area (Å²) in [7, 11) is 3.20. The number of hydrogen-bond acceptors (Lipinski definition) is 5. The Hall–Kier alpha value is -1.82. The van der Waals surface area contributed by atoms with Crippen LogP contribution in [0.15, 0.2) is 16.5 Å². The molecule has 1 aromatic rings. The fraction of sp³-hybridized carbons (Fsp3) is 0.625. The van der Waals surface area contributed by atoms with Gasteiger partial charge in [0.25, 0.3) is 0 Å². The van der Waals surface area contributed by atoms with E-state index in [9.17, 15) is 9.59 Å². The number of carbonyl (C=O) groups excluding carboxylic acids is 2. The van der Waals surface area contributed by atoms with E-state index in [1.807, 2.05) is 19.1 Å². The molecular weight excluding hydrogens is 284 g/mol. The molecule has 1 fully saturated rings. The second-order valence-electron chi connectivity index (χ2n) is 5.84. The lowest BCUT2D eigenvalue weighted by Gasteiger charge is -2.31. The molecule has 2 rings (SSSR count). The van der Waals surface area contributed by atoms with Crippen molar-refractivity contribution in [3.63, 3.8) is 0 Å². The number of amides is 1. The first-order valence-corrected chi connectivity index (χ1v) is 7.59. The van der Waals surface area contributed by atoms with E-state index >= 15 is 0 Å². The zero-order valence-electron chi connectivity index (χ0n) is 13.5. The number of likely N-dealkylation sites (N-methyl/N-ethyl adjacent to an activating group) is 1. The smallest absolute Gasteiger partial charge is 0.308 e. The van der Waals surface area contributed by atoms with E-state index in [0.29, 0.717) is 13.1 Å². The molecule has 0 N–H and O–H groups in total. The number of furan rings is 1. The van der Waals surface area contributed by atoms with Crippen LogP contribution in [0.2, 0.25) is 0 Å². The van der Waals surface area contributed by atoms with Crippen molar-refractivity contribution in [2.24, 2.45) is 5.92 Å². The number of nitrogens with zero attached hydrogens (tertiary/aromatic N) is 2. The van der Waals surface area contributed by atoms with Crippen molar-refractivity contribution in [2.45, 2.75) is 26.3 Å². The normalized spacial score (nSPS) is 16.5. The lowest BCUT2D eigenvalue weighted by Crippen LogP contribution is -2.43. The van der Waals surface area contributed by atoms with Gasteiger partial charge in [-0.15, -0.1) is 0 Å². The minimum atomic E-state index is -0.142. The zero-order valence-corrected chi connectivity index (χ0v) is 13.5. The summed E-state index contributed by atoms with van der Waals surface area (Å²) in [5, 5.41) is 0. The molecule has 1 aromatic heterocycles. The van der Waals surface area contributed by atoms with Gasteiger partial charge in [0.15, 0.2) is 0 Å². The molecule has 0 aromatic carbocycles. The lowest BCUT2D eigenvalue weighted by atomic mass is 9.97. The van der Waals surface area contributed by atoms with Gasteiger partial charge in [0.2, 0.25) is 5.91 Å². The zero-order chi connectivity index (χ0) is 16.1. The first kappa shape index (κ1) is 16.5. The van der Waals surface area contributed by atoms with Crippen LogP contribution in [-0.4, -0.2) is 55.5 Å². The number of hydrogen-bond donors (Lipinski definition) is 0. The van der Waals surface area contributed by atoms with Gasteiger partial charge < -0.3 is 14.1 Å². The van der Waals surface area contributed by atoms with Crippen LogP contribution in [0.1, 0.15) is 24.4 Å². The van der Waals surface area contributed by atoms with E-state index in [0.717, 1.165) is 37.5 Å². The fourth-order valence-corrected chi connectivity index (χ4v) is 2.70. The number of carbonyl (C=O) groups is 2. The fourth-order valence-electron chi connectivity index (χ4n) is 2.70. The van der Waals surface area contributed by atoms with Gasteiger partial charge in [0.1, 0.15) is 11.5 Å². The Kier molecular flexibility index (Phi) is 5.60. The van der Waals surface area contributed by atoms with Crippen LogP contribution in [0.5, 0.6) is 0 Å². The van der Waals surface area contributed by atoms with Crippen LogP contribution in [-0.2, 0) is 20.9 Å². The van der Waals surface area contributed by atoms with E-state index in [1.54, 1.807) is 11.9 Å². The lowest BCUT2D eigenvalue weighted by molar-refractivity contribution is -0.147. The number of likely N-dealkylation sites (tertiary alicyclic amines) is 1. The summed E-state index contributed by atoms with van der Waals surface area (Å²) in [6.45, 7) is 4.24. The van der Waals surface area contributed by atoms with Gasteiger partial charge in [-0.2, -0.15) is 0 Å². The minimum absolute atomic E-state index is 0.0276. The molecule has 22 heavy (non-hydrogen) atoms. The predicted octanol–water partition coefficient (Wildman–Crippen LogP) is 1.43. The molecule has 0 unspecified atom stereocenters. The summed E-state index contributed by atoms with van der Waals surface area (Å²) in [6, 6.07) is 3.78. The number of esters is 1. The van der Waals surface area contributed by atoms with Crippen molar-refractivity contribution in [3.05, 3.63) is 23.7 Å². The number of aryl methyl sites for hydroxylation is 1. The van der Waals surface area contributed by atoms with Crippen molar-refractivity contribution >= 4 is 11.9 Å². The number of ether oxygens (including phenoxy) is 1. The number of piperidine rings is 1. The monoisotopic (exact) mass is 308 g/mol. The highest BCUT2D eigenvalue weighted by molar-refractivity contribution is 5.78. The molecule has 122 valence electrons. The molecule has 2 heterocycles. The maximum Gasteiger partial charge on any atom is 0.308 e. The van der Waals surface area contributed by atoms with E-state index in [4.69, 9.17) is 9.15 Å². The van der Waals surface area contributed by atoms with E-state index < -0.39 is 0 Å². The molecule has 1 aliphatic heterocycles. The Morgan fingerprint density at radius 1 is 1.36 bits per heavy atom. The van der Waals surface area contributed by atoms with Gasteiger partial charge in [-0.05, 0) is 45.0 Å². The third kappa shape index (κ3) is 4.34. The molecule has 6 heteroatoms. The van der Waals surface area contributed by atoms with Crippen LogP contribution < -0.4 is 0 Å². The molecule has 1 amide bonds. The van der Waals surface area contributed by atoms with Gasteiger partial charge in [-0.3, -0.25) is 14.5 Å². The van der Waals surface area contributed by atoms with Crippen LogP contribution >= 0.6 is 0 Å². The predicted molar refractivity (Wildman–Crippen MR) is 81.1 cm³/mol. The van der Waals surface area contributed by atoms with Crippen LogP contribution in [0.3, 0.4) is 0 Å². The molecule has 1 saturated heterocycles. The summed E-state index contributed by atoms with van der Waals surface area (Å²) in [5.41, 5.74) is 0. The van der Waals surface area contributed by atoms with Crippen molar-refractivity contribution in [3.8, 4) is 0 Å². The summed E-state index contributed by atoms with van der Waals surface area (Å²) in [5.74, 6) is 1.53. The Balaban J connectivity index is 1.76. The highest BCUT2D eigenvalue weighted by Gasteiger charge is 2.27. The van der Waals surface area contributed by atoms with Crippen molar-refractivity contribution in [1.29, 1.82) is 0 Å². The van der Waals surface area contributed by atoms with Crippen molar-refractivity contribution in [1.82, 2.24) is 9.80 Å². The van der Waals surface area contributed by atoms with Crippen molar-refractivity contribution < 1.29 is 18.7 Å². The average molecular weight is 308 g/mol. The maximum atomic E-state index is 12.2. The van der Waals surface area contributed by atoms with Gasteiger partial charge in [0.05, 0.1) is 26.1 Å². The van der Waals surface area contributed by atoms with Gasteiger partial charge >= 0.3 is 5.97 Å². The SMILES string of the molecule is COC(=O)C1CCN(CC(=O)N(C)Cc2ccc(C)o2)CC1. The molecule has 0 bridgehead atoms. The average Bonchev–Trinajstić information content (AvgIpc) is 2.92. The second-order valence-corrected chi connectivity index (χ2v) is 5.84. The van der Waals surface area contributed by atoms with Crippen LogP contribution in [0.25, 0.3) is 0 Å². The van der Waals surface area contributed by atoms with Gasteiger partial charge in [-0.1, -0.05) is 0 Å². The summed E-state index contributed by atoms with van der Waals surface area (Å²) >= 11 is 0. The Morgan fingerprint density at radius 2 is 2.05 bits per heavy atom. The molecule has 0 aliphatic carbocycles. The highest BCUT2D eigenvalue weighted by atomic mass is 16.5. The minimum Gasteiger partial charge on any atom is -0.469 e. The summed E-state index contributed by atoms with van der Waals surface area (Å²) in [6.07, 6.45) is 1.50. The Labute approximate surface area is 131 Å². The third-order valence-electron chi connectivity index (χ3n) is 4.10. The second kappa shape index (κ2) is 7.45. The maximum absolute atomic E-state index is 12.2. The van der Waals surface area contributed by atoms with E-state index in [-0.39, 0.29) is 17.8 Å². The number of methoxy groups -OCH3 is 1. The van der Waals surface area contributed by atoms with Gasteiger partial charge in [-0.25, -0.2) is 0 Å². The first-order valence-electron chi connectivity index (χ1n) is 7.59. The number of rotatable bonds is 5. The van der Waals surface area contributed by atoms with E-state index in [2.05, 4.69) is 4.90 Å². The highest BCUT2D eigenvalue weighted by Crippen LogP contribution is 2.18. The quantitative estimate of drug-likeness (QED) is 0.770. The largest absolute Gasteiger partial charge is 0.469 e. The summed E-state index contributed by atoms with van der Waals surface area (Å²) < 4.78 is 10.3. The first-order chi connectivity index (χ1) is 10.5. The van der Waals surface area contributed by atoms with Gasteiger partial charge in [0, 0.05) is 7.05 Å². The molecule has 0 saturated carbocycles. The topological polar surface area (TPSA) is 63.0 Å². The Morgan fingerprint density at radius 3 is 2.59 bits per heavy atom. The molecule has 1 aliphatic rings. The van der Waals surface area contributed by atoms with E-state index in [1.165, 1.54) is 7.11 Å². The molecule has 6 nitrogen and oxygen atoms in total. The molecular formula is C16H24N2O4. The Bertz CT molecular complexity index is 518. The molecule has 0 radical (unpaired) electrons. The van der Waals surface area contributed by atoms with Crippen LogP contribution in [0.4, 0.5) is 0 Å². The van der Waals surface area contributed by atoms with Crippen molar-refractivity contribution in [2.75, 3.05) is 33.8 Å². The summed E-state index contributed by atoms with van der Waals surface area (Å²) in [4.78, 5) is 27.5. The molecule has 0 atom stereocenters. The molecule has 0 spiro atoms.